The van der Waals surface area contributed by atoms with E-state index in [2.05, 4.69) is 56.6 Å². The fourth-order valence-electron chi connectivity index (χ4n) is 4.13. The van der Waals surface area contributed by atoms with Crippen molar-refractivity contribution in [2.45, 2.75) is 19.6 Å². The summed E-state index contributed by atoms with van der Waals surface area (Å²) in [6, 6.07) is 16.8. The summed E-state index contributed by atoms with van der Waals surface area (Å²) in [5.74, 6) is 0.867. The Hall–Kier alpha value is -3.20. The highest BCUT2D eigenvalue weighted by Gasteiger charge is 2.17. The number of aromatic nitrogens is 3. The maximum Gasteiger partial charge on any atom is 0.186 e. The van der Waals surface area contributed by atoms with Gasteiger partial charge in [-0.15, -0.1) is 11.3 Å². The van der Waals surface area contributed by atoms with E-state index in [1.165, 1.54) is 11.1 Å². The Balaban J connectivity index is 1.39. The van der Waals surface area contributed by atoms with E-state index in [1.807, 2.05) is 29.2 Å². The number of rotatable bonds is 9. The molecule has 4 aromatic rings. The summed E-state index contributed by atoms with van der Waals surface area (Å²) in [5.41, 5.74) is 4.63. The van der Waals surface area contributed by atoms with Crippen LogP contribution in [0.25, 0.3) is 5.69 Å². The number of hydrogen-bond acceptors (Lipinski definition) is 7. The number of ether oxygens (including phenoxy) is 2. The molecule has 1 saturated heterocycles. The molecule has 2 aromatic carbocycles. The Morgan fingerprint density at radius 3 is 2.62 bits per heavy atom. The number of nitrogens with zero attached hydrogens (tertiary/aromatic N) is 5. The second-order valence-corrected chi connectivity index (χ2v) is 9.19. The number of imidazole rings is 1. The van der Waals surface area contributed by atoms with Gasteiger partial charge in [0.1, 0.15) is 5.75 Å². The lowest BCUT2D eigenvalue weighted by atomic mass is 10.1. The van der Waals surface area contributed by atoms with Gasteiger partial charge in [0.25, 0.3) is 0 Å². The predicted molar refractivity (Wildman–Crippen MR) is 135 cm³/mol. The fraction of sp³-hybridized carbons (Fsp3) is 0.308. The lowest BCUT2D eigenvalue weighted by Crippen LogP contribution is -2.35. The Labute approximate surface area is 204 Å². The van der Waals surface area contributed by atoms with Gasteiger partial charge in [0.05, 0.1) is 32.3 Å². The zero-order valence-electron chi connectivity index (χ0n) is 19.3. The summed E-state index contributed by atoms with van der Waals surface area (Å²) in [4.78, 5) is 14.0. The molecule has 1 fully saturated rings. The van der Waals surface area contributed by atoms with E-state index in [1.54, 1.807) is 24.6 Å². The smallest absolute Gasteiger partial charge is 0.186 e. The van der Waals surface area contributed by atoms with Crippen LogP contribution in [-0.2, 0) is 24.4 Å². The van der Waals surface area contributed by atoms with Gasteiger partial charge in [0.15, 0.2) is 5.13 Å². The van der Waals surface area contributed by atoms with Gasteiger partial charge in [0, 0.05) is 56.2 Å². The van der Waals surface area contributed by atoms with Crippen molar-refractivity contribution in [2.75, 3.05) is 38.3 Å². The molecule has 34 heavy (non-hydrogen) atoms. The van der Waals surface area contributed by atoms with E-state index in [4.69, 9.17) is 14.5 Å². The van der Waals surface area contributed by atoms with E-state index < -0.39 is 0 Å². The van der Waals surface area contributed by atoms with Crippen LogP contribution in [0.3, 0.4) is 0 Å². The van der Waals surface area contributed by atoms with Crippen molar-refractivity contribution in [2.24, 2.45) is 0 Å². The molecule has 0 aliphatic carbocycles. The quantitative estimate of drug-likeness (QED) is 0.358. The summed E-state index contributed by atoms with van der Waals surface area (Å²) >= 11 is 1.71. The first-order valence-corrected chi connectivity index (χ1v) is 12.3. The van der Waals surface area contributed by atoms with E-state index in [0.29, 0.717) is 0 Å². The van der Waals surface area contributed by atoms with Crippen LogP contribution in [0.15, 0.2) is 72.6 Å². The lowest BCUT2D eigenvalue weighted by molar-refractivity contribution is 0.0337. The van der Waals surface area contributed by atoms with Gasteiger partial charge in [-0.3, -0.25) is 4.90 Å². The monoisotopic (exact) mass is 475 g/mol. The van der Waals surface area contributed by atoms with Crippen LogP contribution in [0.1, 0.15) is 16.8 Å². The van der Waals surface area contributed by atoms with Crippen molar-refractivity contribution >= 4 is 16.5 Å². The zero-order valence-corrected chi connectivity index (χ0v) is 20.2. The molecule has 0 radical (unpaired) electrons. The lowest BCUT2D eigenvalue weighted by Gasteiger charge is -2.26. The van der Waals surface area contributed by atoms with E-state index in [-0.39, 0.29) is 0 Å². The normalized spacial score (nSPS) is 14.3. The van der Waals surface area contributed by atoms with Gasteiger partial charge in [-0.1, -0.05) is 24.3 Å². The largest absolute Gasteiger partial charge is 0.497 e. The second-order valence-electron chi connectivity index (χ2n) is 8.36. The fourth-order valence-corrected chi connectivity index (χ4v) is 4.95. The highest BCUT2D eigenvalue weighted by molar-refractivity contribution is 7.13. The van der Waals surface area contributed by atoms with Crippen LogP contribution in [0, 0.1) is 0 Å². The maximum atomic E-state index is 5.49. The molecule has 0 spiro atoms. The number of anilines is 1. The topological polar surface area (TPSA) is 55.7 Å². The molecule has 3 heterocycles. The molecule has 0 bridgehead atoms. The average Bonchev–Trinajstić information content (AvgIpc) is 3.58. The highest BCUT2D eigenvalue weighted by Crippen LogP contribution is 2.27. The number of thiazole rings is 1. The Morgan fingerprint density at radius 1 is 1.06 bits per heavy atom. The summed E-state index contributed by atoms with van der Waals surface area (Å²) in [5, 5.41) is 3.21. The van der Waals surface area contributed by atoms with Crippen LogP contribution in [0.4, 0.5) is 5.13 Å². The molecule has 8 heteroatoms. The highest BCUT2D eigenvalue weighted by atomic mass is 32.1. The van der Waals surface area contributed by atoms with Gasteiger partial charge in [0.2, 0.25) is 0 Å². The number of benzene rings is 2. The van der Waals surface area contributed by atoms with Crippen LogP contribution >= 0.6 is 11.3 Å². The van der Waals surface area contributed by atoms with E-state index in [0.717, 1.165) is 68.2 Å². The average molecular weight is 476 g/mol. The van der Waals surface area contributed by atoms with Crippen LogP contribution in [-0.4, -0.2) is 52.8 Å². The third kappa shape index (κ3) is 5.64. The van der Waals surface area contributed by atoms with Crippen molar-refractivity contribution in [1.29, 1.82) is 0 Å². The first kappa shape index (κ1) is 22.6. The Kier molecular flexibility index (Phi) is 7.19. The van der Waals surface area contributed by atoms with Gasteiger partial charge >= 0.3 is 0 Å². The summed E-state index contributed by atoms with van der Waals surface area (Å²) in [7, 11) is 1.71. The van der Waals surface area contributed by atoms with Gasteiger partial charge in [-0.2, -0.15) is 0 Å². The Bertz CT molecular complexity index is 1190. The minimum Gasteiger partial charge on any atom is -0.497 e. The molecular weight excluding hydrogens is 446 g/mol. The maximum absolute atomic E-state index is 5.49. The first-order chi connectivity index (χ1) is 16.8. The van der Waals surface area contributed by atoms with Crippen molar-refractivity contribution in [3.05, 3.63) is 89.5 Å². The predicted octanol–water partition coefficient (Wildman–Crippen LogP) is 4.38. The van der Waals surface area contributed by atoms with Crippen LogP contribution in [0.5, 0.6) is 5.75 Å². The number of methoxy groups -OCH3 is 1. The molecule has 0 N–H and O–H groups in total. The van der Waals surface area contributed by atoms with E-state index in [9.17, 15) is 0 Å². The van der Waals surface area contributed by atoms with Crippen LogP contribution < -0.4 is 9.64 Å². The molecule has 2 aromatic heterocycles. The molecule has 5 rings (SSSR count). The third-order valence-corrected chi connectivity index (χ3v) is 6.84. The molecule has 0 unspecified atom stereocenters. The van der Waals surface area contributed by atoms with Crippen molar-refractivity contribution in [1.82, 2.24) is 19.4 Å². The minimum absolute atomic E-state index is 0.747. The van der Waals surface area contributed by atoms with E-state index >= 15 is 0 Å². The SMILES string of the molecule is COc1cccc(CN(Cc2cccc(-n3ccnc3)c2)c2nc(CN3CCOCC3)cs2)c1. The van der Waals surface area contributed by atoms with Gasteiger partial charge in [-0.05, 0) is 35.4 Å². The summed E-state index contributed by atoms with van der Waals surface area (Å²) in [6.45, 7) is 5.88. The number of morpholine rings is 1. The van der Waals surface area contributed by atoms with Gasteiger partial charge < -0.3 is 18.9 Å². The van der Waals surface area contributed by atoms with Crippen molar-refractivity contribution in [3.63, 3.8) is 0 Å². The summed E-state index contributed by atoms with van der Waals surface area (Å²) < 4.78 is 13.0. The molecule has 0 atom stereocenters. The van der Waals surface area contributed by atoms with Crippen molar-refractivity contribution < 1.29 is 9.47 Å². The molecule has 0 saturated carbocycles. The zero-order chi connectivity index (χ0) is 23.2. The number of hydrogen-bond donors (Lipinski definition) is 0. The second kappa shape index (κ2) is 10.8. The van der Waals surface area contributed by atoms with Gasteiger partial charge in [-0.25, -0.2) is 9.97 Å². The molecule has 1 aliphatic rings. The minimum atomic E-state index is 0.747. The van der Waals surface area contributed by atoms with Crippen molar-refractivity contribution in [3.8, 4) is 11.4 Å². The Morgan fingerprint density at radius 2 is 1.85 bits per heavy atom. The molecule has 176 valence electrons. The molecule has 1 aliphatic heterocycles. The first-order valence-electron chi connectivity index (χ1n) is 11.5. The molecular formula is C26H29N5O2S. The summed E-state index contributed by atoms with van der Waals surface area (Å²) in [6.07, 6.45) is 5.59. The molecule has 0 amide bonds. The molecule has 7 nitrogen and oxygen atoms in total. The standard InChI is InChI=1S/C26H29N5O2S/c1-32-25-7-3-5-22(15-25)17-31(16-21-4-2-6-24(14-21)30-9-8-27-20-30)26-28-23(19-34-26)18-29-10-12-33-13-11-29/h2-9,14-15,19-20H,10-13,16-18H2,1H3. The van der Waals surface area contributed by atoms with Crippen LogP contribution in [0.2, 0.25) is 0 Å². The third-order valence-electron chi connectivity index (χ3n) is 5.89.